The van der Waals surface area contributed by atoms with Gasteiger partial charge in [-0.05, 0) is 85.8 Å². The summed E-state index contributed by atoms with van der Waals surface area (Å²) in [6.45, 7) is 9.42. The molecule has 1 atom stereocenters. The van der Waals surface area contributed by atoms with Crippen molar-refractivity contribution in [1.29, 1.82) is 0 Å². The van der Waals surface area contributed by atoms with Crippen LogP contribution in [-0.2, 0) is 14.8 Å². The molecule has 0 spiro atoms. The first-order valence-corrected chi connectivity index (χ1v) is 14.1. The highest BCUT2D eigenvalue weighted by atomic mass is 35.5. The highest BCUT2D eigenvalue weighted by molar-refractivity contribution is 7.92. The number of rotatable bonds is 10. The fraction of sp³-hybridized carbons (Fsp3) is 0.345. The molecule has 3 aromatic carbocycles. The van der Waals surface area contributed by atoms with E-state index in [0.717, 1.165) is 32.3 Å². The van der Waals surface area contributed by atoms with Crippen molar-refractivity contribution in [3.05, 3.63) is 81.9 Å². The summed E-state index contributed by atoms with van der Waals surface area (Å²) in [5.41, 5.74) is 4.10. The number of methoxy groups -OCH3 is 2. The van der Waals surface area contributed by atoms with Gasteiger partial charge in [-0.1, -0.05) is 43.1 Å². The lowest BCUT2D eigenvalue weighted by atomic mass is 9.93. The van der Waals surface area contributed by atoms with E-state index in [9.17, 15) is 13.2 Å². The van der Waals surface area contributed by atoms with Crippen molar-refractivity contribution >= 4 is 33.2 Å². The lowest BCUT2D eigenvalue weighted by molar-refractivity contribution is -0.120. The van der Waals surface area contributed by atoms with Gasteiger partial charge >= 0.3 is 0 Å². The third kappa shape index (κ3) is 6.42. The molecule has 38 heavy (non-hydrogen) atoms. The second-order valence-corrected chi connectivity index (χ2v) is 11.8. The van der Waals surface area contributed by atoms with Crippen LogP contribution in [0.1, 0.15) is 55.0 Å². The minimum Gasteiger partial charge on any atom is -0.496 e. The van der Waals surface area contributed by atoms with E-state index in [4.69, 9.17) is 21.1 Å². The van der Waals surface area contributed by atoms with Gasteiger partial charge in [-0.2, -0.15) is 0 Å². The molecule has 204 valence electrons. The summed E-state index contributed by atoms with van der Waals surface area (Å²) in [6, 6.07) is 14.7. The Kier molecular flexibility index (Phi) is 9.33. The van der Waals surface area contributed by atoms with Gasteiger partial charge in [-0.25, -0.2) is 8.42 Å². The topological polar surface area (TPSA) is 84.9 Å². The molecule has 1 unspecified atom stereocenters. The number of carbonyl (C=O) groups excluding carboxylic acids is 1. The summed E-state index contributed by atoms with van der Waals surface area (Å²) in [6.07, 6.45) is 0. The normalized spacial score (nSPS) is 12.2. The second-order valence-electron chi connectivity index (χ2n) is 9.54. The average molecular weight is 559 g/mol. The highest BCUT2D eigenvalue weighted by Crippen LogP contribution is 2.33. The average Bonchev–Trinajstić information content (AvgIpc) is 2.86. The second kappa shape index (κ2) is 12.1. The van der Waals surface area contributed by atoms with Crippen LogP contribution in [0.3, 0.4) is 0 Å². The van der Waals surface area contributed by atoms with Crippen molar-refractivity contribution in [3.63, 3.8) is 0 Å². The van der Waals surface area contributed by atoms with Crippen LogP contribution in [0.4, 0.5) is 5.69 Å². The van der Waals surface area contributed by atoms with Crippen LogP contribution < -0.4 is 19.1 Å². The molecule has 0 aliphatic rings. The molecule has 0 heterocycles. The molecule has 9 heteroatoms. The first-order chi connectivity index (χ1) is 17.9. The smallest absolute Gasteiger partial charge is 0.264 e. The van der Waals surface area contributed by atoms with Gasteiger partial charge < -0.3 is 14.8 Å². The Balaban J connectivity index is 1.95. The van der Waals surface area contributed by atoms with Crippen molar-refractivity contribution in [2.45, 2.75) is 51.5 Å². The molecule has 0 saturated heterocycles. The van der Waals surface area contributed by atoms with Crippen LogP contribution >= 0.6 is 11.6 Å². The van der Waals surface area contributed by atoms with E-state index in [0.29, 0.717) is 5.75 Å². The van der Waals surface area contributed by atoms with Gasteiger partial charge in [-0.15, -0.1) is 0 Å². The van der Waals surface area contributed by atoms with Gasteiger partial charge in [-0.3, -0.25) is 9.10 Å². The Morgan fingerprint density at radius 3 is 2.11 bits per heavy atom. The number of carbonyl (C=O) groups is 1. The minimum absolute atomic E-state index is 0.0727. The fourth-order valence-corrected chi connectivity index (χ4v) is 5.93. The van der Waals surface area contributed by atoms with E-state index in [2.05, 4.69) is 19.2 Å². The summed E-state index contributed by atoms with van der Waals surface area (Å²) in [5, 5.41) is 3.20. The van der Waals surface area contributed by atoms with Gasteiger partial charge in [0.05, 0.1) is 35.9 Å². The zero-order valence-electron chi connectivity index (χ0n) is 22.8. The Labute approximate surface area is 230 Å². The van der Waals surface area contributed by atoms with Crippen LogP contribution in [0.15, 0.2) is 59.5 Å². The molecule has 0 fully saturated rings. The molecule has 7 nitrogen and oxygen atoms in total. The number of hydrogen-bond donors (Lipinski definition) is 1. The van der Waals surface area contributed by atoms with Crippen molar-refractivity contribution < 1.29 is 22.7 Å². The standard InChI is InChI=1S/C29H35ClN2O5S/c1-18(2)24-16-25(20(4)14-28(24)37-7)21(5)31-29(33)17-32(22-10-13-27(36-6)26(30)15-22)38(34,35)23-11-8-19(3)9-12-23/h8-16,18,21H,17H2,1-7H3,(H,31,33). The third-order valence-electron chi connectivity index (χ3n) is 6.40. The predicted octanol–water partition coefficient (Wildman–Crippen LogP) is 6.17. The van der Waals surface area contributed by atoms with Crippen LogP contribution in [0.2, 0.25) is 5.02 Å². The summed E-state index contributed by atoms with van der Waals surface area (Å²) in [5.74, 6) is 0.965. The molecule has 3 rings (SSSR count). The molecule has 0 saturated carbocycles. The third-order valence-corrected chi connectivity index (χ3v) is 8.49. The van der Waals surface area contributed by atoms with Crippen LogP contribution in [0, 0.1) is 13.8 Å². The highest BCUT2D eigenvalue weighted by Gasteiger charge is 2.28. The molecule has 0 aromatic heterocycles. The number of halogens is 1. The minimum atomic E-state index is -4.08. The van der Waals surface area contributed by atoms with Crippen molar-refractivity contribution in [2.75, 3.05) is 25.1 Å². The van der Waals surface area contributed by atoms with Crippen molar-refractivity contribution in [3.8, 4) is 11.5 Å². The summed E-state index contributed by atoms with van der Waals surface area (Å²) in [4.78, 5) is 13.4. The quantitative estimate of drug-likeness (QED) is 0.321. The van der Waals surface area contributed by atoms with Crippen LogP contribution in [-0.4, -0.2) is 35.1 Å². The van der Waals surface area contributed by atoms with E-state index in [1.807, 2.05) is 32.9 Å². The number of hydrogen-bond acceptors (Lipinski definition) is 5. The molecule has 0 aliphatic carbocycles. The van der Waals surface area contributed by atoms with Crippen LogP contribution in [0.25, 0.3) is 0 Å². The fourth-order valence-electron chi connectivity index (χ4n) is 4.27. The Morgan fingerprint density at radius 1 is 0.921 bits per heavy atom. The largest absolute Gasteiger partial charge is 0.496 e. The van der Waals surface area contributed by atoms with Crippen molar-refractivity contribution in [1.82, 2.24) is 5.32 Å². The predicted molar refractivity (Wildman–Crippen MR) is 152 cm³/mol. The lowest BCUT2D eigenvalue weighted by Crippen LogP contribution is -2.41. The molecule has 0 bridgehead atoms. The van der Waals surface area contributed by atoms with Crippen molar-refractivity contribution in [2.24, 2.45) is 0 Å². The summed E-state index contributed by atoms with van der Waals surface area (Å²) in [7, 11) is -0.968. The zero-order chi connectivity index (χ0) is 28.2. The Bertz CT molecular complexity index is 1410. The van der Waals surface area contributed by atoms with E-state index in [1.54, 1.807) is 31.4 Å². The number of ether oxygens (including phenoxy) is 2. The summed E-state index contributed by atoms with van der Waals surface area (Å²) < 4.78 is 39.2. The van der Waals surface area contributed by atoms with Gasteiger partial charge in [0, 0.05) is 0 Å². The molecule has 1 amide bonds. The lowest BCUT2D eigenvalue weighted by Gasteiger charge is -2.26. The number of sulfonamides is 1. The molecule has 0 radical (unpaired) electrons. The van der Waals surface area contributed by atoms with E-state index < -0.39 is 22.5 Å². The number of aryl methyl sites for hydroxylation is 2. The number of anilines is 1. The number of nitrogens with one attached hydrogen (secondary N) is 1. The molecular weight excluding hydrogens is 524 g/mol. The zero-order valence-corrected chi connectivity index (χ0v) is 24.4. The van der Waals surface area contributed by atoms with E-state index >= 15 is 0 Å². The number of nitrogens with zero attached hydrogens (tertiary/aromatic N) is 1. The van der Waals surface area contributed by atoms with Gasteiger partial charge in [0.2, 0.25) is 5.91 Å². The maximum absolute atomic E-state index is 13.7. The molecular formula is C29H35ClN2O5S. The molecule has 0 aliphatic heterocycles. The number of benzene rings is 3. The monoisotopic (exact) mass is 558 g/mol. The first kappa shape index (κ1) is 29.3. The number of amides is 1. The summed E-state index contributed by atoms with van der Waals surface area (Å²) >= 11 is 6.32. The van der Waals surface area contributed by atoms with E-state index in [1.165, 1.54) is 25.3 Å². The Morgan fingerprint density at radius 2 is 1.55 bits per heavy atom. The SMILES string of the molecule is COc1ccc(N(CC(=O)NC(C)c2cc(C(C)C)c(OC)cc2C)S(=O)(=O)c2ccc(C)cc2)cc1Cl. The van der Waals surface area contributed by atoms with E-state index in [-0.39, 0.29) is 27.6 Å². The first-order valence-electron chi connectivity index (χ1n) is 12.3. The van der Waals surface area contributed by atoms with Crippen LogP contribution in [0.5, 0.6) is 11.5 Å². The Hall–Kier alpha value is -3.23. The maximum atomic E-state index is 13.7. The molecule has 1 N–H and O–H groups in total. The molecule has 3 aromatic rings. The van der Waals surface area contributed by atoms with Gasteiger partial charge in [0.1, 0.15) is 18.0 Å². The van der Waals surface area contributed by atoms with Gasteiger partial charge in [0.25, 0.3) is 10.0 Å². The van der Waals surface area contributed by atoms with Gasteiger partial charge in [0.15, 0.2) is 0 Å². The maximum Gasteiger partial charge on any atom is 0.264 e.